The zero-order chi connectivity index (χ0) is 31.1. The van der Waals surface area contributed by atoms with E-state index in [0.717, 1.165) is 0 Å². The number of amides is 4. The highest BCUT2D eigenvalue weighted by atomic mass is 35.5. The number of hydrogen-bond donors (Lipinski definition) is 4. The van der Waals surface area contributed by atoms with Gasteiger partial charge in [0.05, 0.1) is 28.7 Å². The highest BCUT2D eigenvalue weighted by Gasteiger charge is 2.26. The van der Waals surface area contributed by atoms with Gasteiger partial charge in [-0.15, -0.1) is 11.3 Å². The van der Waals surface area contributed by atoms with E-state index in [1.807, 2.05) is 16.3 Å². The Morgan fingerprint density at radius 3 is 2.45 bits per heavy atom. The van der Waals surface area contributed by atoms with Crippen LogP contribution in [0, 0.1) is 0 Å². The van der Waals surface area contributed by atoms with Crippen LogP contribution in [-0.2, 0) is 4.79 Å². The fourth-order valence-corrected chi connectivity index (χ4v) is 5.74. The Hall–Kier alpha value is -4.94. The standard InChI is InChI=1S/C31H29ClN6O5S/c32-22-5-1-6-23(17-22)34-31(43)36-25-16-20(29(41)35-24(18-28(39)40)21-4-2-10-33-19-21)8-9-26(25)37-11-13-38(14-12-37)30(42)27-7-3-15-44-27/h1-10,15-17,19,24H,11-14,18H2,(H,35,41)(H,39,40)(H2,34,36,43). The van der Waals surface area contributed by atoms with Crippen molar-refractivity contribution in [3.63, 3.8) is 0 Å². The maximum Gasteiger partial charge on any atom is 0.323 e. The largest absolute Gasteiger partial charge is 0.481 e. The average molecular weight is 633 g/mol. The minimum atomic E-state index is -1.08. The molecule has 44 heavy (non-hydrogen) atoms. The minimum absolute atomic E-state index is 0.0181. The van der Waals surface area contributed by atoms with E-state index in [-0.39, 0.29) is 17.9 Å². The van der Waals surface area contributed by atoms with Crippen LogP contribution in [0.15, 0.2) is 84.5 Å². The molecule has 4 N–H and O–H groups in total. The van der Waals surface area contributed by atoms with Crippen LogP contribution in [0.5, 0.6) is 0 Å². The lowest BCUT2D eigenvalue weighted by Crippen LogP contribution is -2.48. The molecule has 1 saturated heterocycles. The molecule has 1 atom stereocenters. The molecule has 2 aromatic carbocycles. The zero-order valence-electron chi connectivity index (χ0n) is 23.4. The second-order valence-corrected chi connectivity index (χ2v) is 11.4. The first-order valence-electron chi connectivity index (χ1n) is 13.7. The number of carbonyl (C=O) groups excluding carboxylic acids is 3. The minimum Gasteiger partial charge on any atom is -0.481 e. The van der Waals surface area contributed by atoms with Crippen molar-refractivity contribution in [3.8, 4) is 0 Å². The van der Waals surface area contributed by atoms with Gasteiger partial charge in [-0.25, -0.2) is 4.79 Å². The number of thiophene rings is 1. The number of hydrogen-bond acceptors (Lipinski definition) is 7. The van der Waals surface area contributed by atoms with Crippen molar-refractivity contribution in [2.75, 3.05) is 41.7 Å². The fraction of sp³-hybridized carbons (Fsp3) is 0.194. The molecule has 1 fully saturated rings. The lowest BCUT2D eigenvalue weighted by molar-refractivity contribution is -0.137. The van der Waals surface area contributed by atoms with E-state index in [0.29, 0.717) is 58.7 Å². The topological polar surface area (TPSA) is 144 Å². The number of halogens is 1. The van der Waals surface area contributed by atoms with Gasteiger partial charge in [0, 0.05) is 54.8 Å². The summed E-state index contributed by atoms with van der Waals surface area (Å²) in [5, 5.41) is 20.1. The highest BCUT2D eigenvalue weighted by molar-refractivity contribution is 7.12. The van der Waals surface area contributed by atoms with Crippen molar-refractivity contribution in [1.29, 1.82) is 0 Å². The van der Waals surface area contributed by atoms with E-state index in [1.165, 1.54) is 17.5 Å². The van der Waals surface area contributed by atoms with Crippen LogP contribution >= 0.6 is 22.9 Å². The van der Waals surface area contributed by atoms with E-state index >= 15 is 0 Å². The van der Waals surface area contributed by atoms with Crippen LogP contribution < -0.4 is 20.9 Å². The Kier molecular flexibility index (Phi) is 9.72. The summed E-state index contributed by atoms with van der Waals surface area (Å²) >= 11 is 7.47. The summed E-state index contributed by atoms with van der Waals surface area (Å²) in [6, 6.07) is 17.3. The number of aliphatic carboxylic acids is 1. The molecule has 1 aliphatic heterocycles. The van der Waals surface area contributed by atoms with Crippen molar-refractivity contribution in [3.05, 3.63) is 106 Å². The Morgan fingerprint density at radius 2 is 1.77 bits per heavy atom. The summed E-state index contributed by atoms with van der Waals surface area (Å²) < 4.78 is 0. The maximum absolute atomic E-state index is 13.4. The van der Waals surface area contributed by atoms with E-state index in [2.05, 4.69) is 20.9 Å². The second-order valence-electron chi connectivity index (χ2n) is 9.99. The number of carboxylic acids is 1. The van der Waals surface area contributed by atoms with Gasteiger partial charge in [-0.2, -0.15) is 0 Å². The molecular formula is C31H29ClN6O5S. The average Bonchev–Trinajstić information content (AvgIpc) is 3.56. The highest BCUT2D eigenvalue weighted by Crippen LogP contribution is 2.30. The molecule has 1 aliphatic rings. The molecule has 0 aliphatic carbocycles. The molecule has 2 aromatic heterocycles. The van der Waals surface area contributed by atoms with Gasteiger partial charge in [-0.05, 0) is 59.5 Å². The molecule has 0 bridgehead atoms. The number of nitrogens with one attached hydrogen (secondary N) is 3. The van der Waals surface area contributed by atoms with Crippen LogP contribution in [-0.4, -0.2) is 65.0 Å². The van der Waals surface area contributed by atoms with Gasteiger partial charge in [0.15, 0.2) is 0 Å². The molecule has 3 heterocycles. The van der Waals surface area contributed by atoms with E-state index in [4.69, 9.17) is 11.6 Å². The van der Waals surface area contributed by atoms with Crippen molar-refractivity contribution < 1.29 is 24.3 Å². The number of rotatable bonds is 9. The lowest BCUT2D eigenvalue weighted by Gasteiger charge is -2.37. The van der Waals surface area contributed by atoms with Gasteiger partial charge in [0.25, 0.3) is 11.8 Å². The number of piperazine rings is 1. The van der Waals surface area contributed by atoms with Crippen molar-refractivity contribution >= 4 is 63.8 Å². The Bertz CT molecular complexity index is 1640. The predicted molar refractivity (Wildman–Crippen MR) is 170 cm³/mol. The molecular weight excluding hydrogens is 604 g/mol. The molecule has 1 unspecified atom stereocenters. The van der Waals surface area contributed by atoms with Crippen molar-refractivity contribution in [2.45, 2.75) is 12.5 Å². The number of carboxylic acid groups (broad SMARTS) is 1. The van der Waals surface area contributed by atoms with Gasteiger partial charge < -0.3 is 30.9 Å². The first-order valence-corrected chi connectivity index (χ1v) is 15.0. The third-order valence-corrected chi connectivity index (χ3v) is 8.09. The third kappa shape index (κ3) is 7.71. The van der Waals surface area contributed by atoms with E-state index < -0.39 is 23.9 Å². The summed E-state index contributed by atoms with van der Waals surface area (Å²) in [4.78, 5) is 59.4. The molecule has 0 spiro atoms. The van der Waals surface area contributed by atoms with Gasteiger partial charge in [0.2, 0.25) is 0 Å². The van der Waals surface area contributed by atoms with Crippen LogP contribution in [0.4, 0.5) is 21.9 Å². The number of urea groups is 1. The van der Waals surface area contributed by atoms with Crippen molar-refractivity contribution in [1.82, 2.24) is 15.2 Å². The predicted octanol–water partition coefficient (Wildman–Crippen LogP) is 5.35. The Balaban J connectivity index is 1.37. The summed E-state index contributed by atoms with van der Waals surface area (Å²) in [6.07, 6.45) is 2.73. The van der Waals surface area contributed by atoms with Crippen LogP contribution in [0.25, 0.3) is 0 Å². The van der Waals surface area contributed by atoms with Gasteiger partial charge in [-0.3, -0.25) is 19.4 Å². The number of benzene rings is 2. The summed E-state index contributed by atoms with van der Waals surface area (Å²) in [5.41, 5.74) is 2.29. The number of nitrogens with zero attached hydrogens (tertiary/aromatic N) is 3. The lowest BCUT2D eigenvalue weighted by atomic mass is 10.0. The normalized spacial score (nSPS) is 13.6. The quantitative estimate of drug-likeness (QED) is 0.195. The van der Waals surface area contributed by atoms with Gasteiger partial charge in [-0.1, -0.05) is 29.8 Å². The van der Waals surface area contributed by atoms with Crippen LogP contribution in [0.3, 0.4) is 0 Å². The van der Waals surface area contributed by atoms with Crippen molar-refractivity contribution in [2.24, 2.45) is 0 Å². The van der Waals surface area contributed by atoms with Gasteiger partial charge in [0.1, 0.15) is 0 Å². The van der Waals surface area contributed by atoms with E-state index in [9.17, 15) is 24.3 Å². The zero-order valence-corrected chi connectivity index (χ0v) is 25.0. The first kappa shape index (κ1) is 30.5. The number of pyridine rings is 1. The SMILES string of the molecule is O=C(O)CC(NC(=O)c1ccc(N2CCN(C(=O)c3cccs3)CC2)c(NC(=O)Nc2cccc(Cl)c2)c1)c1cccnc1. The summed E-state index contributed by atoms with van der Waals surface area (Å²) in [7, 11) is 0. The molecule has 11 nitrogen and oxygen atoms in total. The Labute approximate surface area is 262 Å². The number of aromatic nitrogens is 1. The second kappa shape index (κ2) is 14.0. The molecule has 226 valence electrons. The maximum atomic E-state index is 13.4. The first-order chi connectivity index (χ1) is 21.3. The number of carbonyl (C=O) groups is 4. The summed E-state index contributed by atoms with van der Waals surface area (Å²) in [6.45, 7) is 1.98. The van der Waals surface area contributed by atoms with Crippen LogP contribution in [0.2, 0.25) is 5.02 Å². The molecule has 4 aromatic rings. The fourth-order valence-electron chi connectivity index (χ4n) is 4.86. The summed E-state index contributed by atoms with van der Waals surface area (Å²) in [5.74, 6) is -1.61. The molecule has 4 amide bonds. The smallest absolute Gasteiger partial charge is 0.323 e. The molecule has 5 rings (SSSR count). The third-order valence-electron chi connectivity index (χ3n) is 7.00. The Morgan fingerprint density at radius 1 is 0.955 bits per heavy atom. The molecule has 0 saturated carbocycles. The molecule has 0 radical (unpaired) electrons. The van der Waals surface area contributed by atoms with E-state index in [1.54, 1.807) is 71.8 Å². The molecule has 13 heteroatoms. The number of anilines is 3. The monoisotopic (exact) mass is 632 g/mol. The van der Waals surface area contributed by atoms with Crippen LogP contribution in [0.1, 0.15) is 38.1 Å². The van der Waals surface area contributed by atoms with Gasteiger partial charge >= 0.3 is 12.0 Å².